The quantitative estimate of drug-likeness (QED) is 0.144. The Morgan fingerprint density at radius 3 is 2.09 bits per heavy atom. The Bertz CT molecular complexity index is 1490. The molecule has 1 aromatic carbocycles. The van der Waals surface area contributed by atoms with Crippen LogP contribution < -0.4 is 16.0 Å². The summed E-state index contributed by atoms with van der Waals surface area (Å²) in [6, 6.07) is 3.42. The van der Waals surface area contributed by atoms with E-state index < -0.39 is 54.2 Å². The van der Waals surface area contributed by atoms with Gasteiger partial charge in [-0.05, 0) is 68.2 Å². The lowest BCUT2D eigenvalue weighted by molar-refractivity contribution is -0.199. The lowest BCUT2D eigenvalue weighted by Gasteiger charge is -2.41. The van der Waals surface area contributed by atoms with Gasteiger partial charge in [-0.1, -0.05) is 67.0 Å². The molecule has 0 aliphatic carbocycles. The van der Waals surface area contributed by atoms with E-state index in [9.17, 15) is 29.1 Å². The molecule has 0 radical (unpaired) electrons. The Kier molecular flexibility index (Phi) is 19.4. The molecule has 2 fully saturated rings. The molecule has 9 atom stereocenters. The summed E-state index contributed by atoms with van der Waals surface area (Å²) in [6.07, 6.45) is 2.52. The number of amides is 5. The van der Waals surface area contributed by atoms with Crippen LogP contribution in [-0.2, 0) is 44.7 Å². The molecule has 3 rings (SSSR count). The normalized spacial score (nSPS) is 20.1. The monoisotopic (exact) mass is 817 g/mol. The number of rotatable bonds is 21. The summed E-state index contributed by atoms with van der Waals surface area (Å²) in [5.41, 5.74) is 0.755. The van der Waals surface area contributed by atoms with Crippen LogP contribution in [0.2, 0.25) is 0 Å². The van der Waals surface area contributed by atoms with Crippen LogP contribution in [0.15, 0.2) is 24.3 Å². The molecule has 58 heavy (non-hydrogen) atoms. The number of hydrogen-bond acceptors (Lipinski definition) is 10. The number of aromatic hydroxyl groups is 1. The first-order valence-electron chi connectivity index (χ1n) is 21.1. The van der Waals surface area contributed by atoms with Crippen LogP contribution in [0.3, 0.4) is 0 Å². The Morgan fingerprint density at radius 2 is 1.55 bits per heavy atom. The molecular weight excluding hydrogens is 745 g/mol. The molecule has 1 unspecified atom stereocenters. The van der Waals surface area contributed by atoms with Gasteiger partial charge in [0.2, 0.25) is 23.6 Å². The third-order valence-electron chi connectivity index (χ3n) is 12.0. The van der Waals surface area contributed by atoms with Gasteiger partial charge in [-0.25, -0.2) is 5.06 Å². The first-order valence-corrected chi connectivity index (χ1v) is 21.1. The number of nitrogens with one attached hydrogen (secondary N) is 3. The predicted octanol–water partition coefficient (Wildman–Crippen LogP) is 3.28. The number of benzene rings is 1. The fourth-order valence-corrected chi connectivity index (χ4v) is 8.36. The minimum atomic E-state index is -0.931. The van der Waals surface area contributed by atoms with E-state index in [1.54, 1.807) is 50.1 Å². The maximum absolute atomic E-state index is 14.3. The molecule has 0 aromatic heterocycles. The standard InChI is InChI=1S/C43H72N6O9/c1-12-28(6)38(47(9)43(55)37(27(4)5)46-41(53)36(44-8)26(2)3)34(56-10)25-35(51)48-21-15-16-33(48)39(57-11)29(7)40(52)45-32(24-30-17-19-31(50)20-18-30)42(54)49-22-13-14-23-58-49/h17-20,26-29,32-34,36-39,44,50H,12-16,21-25H2,1-11H3,(H,45,52)(H,46,53)/t28-,29+,32-,33-,34+,36-,37-,38?,39+/m0/s1. The van der Waals surface area contributed by atoms with Gasteiger partial charge in [0, 0.05) is 40.8 Å². The molecule has 1 aromatic rings. The number of nitrogens with zero attached hydrogens (tertiary/aromatic N) is 3. The van der Waals surface area contributed by atoms with Crippen LogP contribution >= 0.6 is 0 Å². The van der Waals surface area contributed by atoms with E-state index in [-0.39, 0.29) is 60.0 Å². The second-order valence-electron chi connectivity index (χ2n) is 16.7. The van der Waals surface area contributed by atoms with Crippen molar-refractivity contribution >= 4 is 29.5 Å². The summed E-state index contributed by atoms with van der Waals surface area (Å²) >= 11 is 0. The number of carbonyl (C=O) groups excluding carboxylic acids is 5. The van der Waals surface area contributed by atoms with E-state index in [1.807, 2.05) is 41.5 Å². The van der Waals surface area contributed by atoms with Gasteiger partial charge in [0.05, 0.1) is 49.3 Å². The van der Waals surface area contributed by atoms with E-state index in [1.165, 1.54) is 24.3 Å². The smallest absolute Gasteiger partial charge is 0.269 e. The van der Waals surface area contributed by atoms with E-state index in [0.717, 1.165) is 24.8 Å². The van der Waals surface area contributed by atoms with Crippen molar-refractivity contribution in [3.8, 4) is 5.75 Å². The molecule has 2 aliphatic rings. The van der Waals surface area contributed by atoms with Crippen molar-refractivity contribution in [2.45, 2.75) is 136 Å². The molecule has 0 saturated carbocycles. The molecule has 2 heterocycles. The molecular formula is C43H72N6O9. The molecule has 0 spiro atoms. The molecule has 328 valence electrons. The number of methoxy groups -OCH3 is 2. The summed E-state index contributed by atoms with van der Waals surface area (Å²) in [4.78, 5) is 78.5. The summed E-state index contributed by atoms with van der Waals surface area (Å²) in [7, 11) is 6.51. The number of hydrogen-bond donors (Lipinski definition) is 4. The van der Waals surface area contributed by atoms with Gasteiger partial charge >= 0.3 is 0 Å². The Hall–Kier alpha value is -3.79. The Balaban J connectivity index is 1.80. The van der Waals surface area contributed by atoms with Gasteiger partial charge in [0.25, 0.3) is 5.91 Å². The maximum atomic E-state index is 14.3. The number of likely N-dealkylation sites (N-methyl/N-ethyl adjacent to an activating group) is 2. The fraction of sp³-hybridized carbons (Fsp3) is 0.744. The van der Waals surface area contributed by atoms with Gasteiger partial charge < -0.3 is 40.3 Å². The number of carbonyl (C=O) groups is 5. The van der Waals surface area contributed by atoms with Crippen molar-refractivity contribution in [3.05, 3.63) is 29.8 Å². The van der Waals surface area contributed by atoms with E-state index in [2.05, 4.69) is 16.0 Å². The summed E-state index contributed by atoms with van der Waals surface area (Å²) < 4.78 is 12.0. The van der Waals surface area contributed by atoms with Crippen LogP contribution in [0.5, 0.6) is 5.75 Å². The summed E-state index contributed by atoms with van der Waals surface area (Å²) in [5, 5.41) is 20.1. The Labute approximate surface area is 346 Å². The van der Waals surface area contributed by atoms with Gasteiger partial charge in [0.15, 0.2) is 0 Å². The van der Waals surface area contributed by atoms with Crippen molar-refractivity contribution in [2.24, 2.45) is 23.7 Å². The van der Waals surface area contributed by atoms with Gasteiger partial charge in [-0.2, -0.15) is 0 Å². The highest BCUT2D eigenvalue weighted by molar-refractivity contribution is 5.90. The molecule has 2 aliphatic heterocycles. The molecule has 15 heteroatoms. The molecule has 15 nitrogen and oxygen atoms in total. The van der Waals surface area contributed by atoms with E-state index in [0.29, 0.717) is 32.5 Å². The van der Waals surface area contributed by atoms with Crippen molar-refractivity contribution in [1.29, 1.82) is 0 Å². The Morgan fingerprint density at radius 1 is 0.897 bits per heavy atom. The zero-order valence-electron chi connectivity index (χ0n) is 36.8. The zero-order valence-corrected chi connectivity index (χ0v) is 36.8. The van der Waals surface area contributed by atoms with Gasteiger partial charge in [-0.3, -0.25) is 28.8 Å². The average Bonchev–Trinajstić information content (AvgIpc) is 3.69. The second kappa shape index (κ2) is 23.1. The van der Waals surface area contributed by atoms with Crippen LogP contribution in [0.1, 0.15) is 92.6 Å². The lowest BCUT2D eigenvalue weighted by atomic mass is 9.89. The molecule has 0 bridgehead atoms. The average molecular weight is 817 g/mol. The fourth-order valence-electron chi connectivity index (χ4n) is 8.36. The first kappa shape index (κ1) is 48.6. The van der Waals surface area contributed by atoms with Crippen LogP contribution in [0.4, 0.5) is 0 Å². The predicted molar refractivity (Wildman–Crippen MR) is 221 cm³/mol. The van der Waals surface area contributed by atoms with Crippen LogP contribution in [-0.4, -0.2) is 140 Å². The summed E-state index contributed by atoms with van der Waals surface area (Å²) in [6.45, 7) is 14.8. The first-order chi connectivity index (χ1) is 27.5. The van der Waals surface area contributed by atoms with Crippen LogP contribution in [0, 0.1) is 23.7 Å². The highest BCUT2D eigenvalue weighted by Gasteiger charge is 2.43. The SMILES string of the molecule is CC[C@H](C)C([C@@H](CC(=O)N1CCC[C@H]1[C@H](OC)[C@@H](C)C(=O)N[C@@H](Cc1ccc(O)cc1)C(=O)N1CCCCO1)OC)N(C)C(=O)[C@@H](NC(=O)[C@@H](NC)C(C)C)C(C)C. The van der Waals surface area contributed by atoms with Crippen molar-refractivity contribution < 1.29 is 43.4 Å². The zero-order chi connectivity index (χ0) is 43.3. The highest BCUT2D eigenvalue weighted by atomic mass is 16.7. The number of ether oxygens (including phenoxy) is 2. The van der Waals surface area contributed by atoms with E-state index >= 15 is 0 Å². The van der Waals surface area contributed by atoms with E-state index in [4.69, 9.17) is 14.3 Å². The third kappa shape index (κ3) is 12.6. The maximum Gasteiger partial charge on any atom is 0.269 e. The number of phenols is 1. The highest BCUT2D eigenvalue weighted by Crippen LogP contribution is 2.30. The second-order valence-corrected chi connectivity index (χ2v) is 16.7. The summed E-state index contributed by atoms with van der Waals surface area (Å²) in [5.74, 6) is -2.30. The molecule has 2 saturated heterocycles. The number of phenolic OH excluding ortho intramolecular Hbond substituents is 1. The lowest BCUT2D eigenvalue weighted by Crippen LogP contribution is -2.59. The van der Waals surface area contributed by atoms with Crippen molar-refractivity contribution in [2.75, 3.05) is 48.0 Å². The largest absolute Gasteiger partial charge is 0.508 e. The number of hydroxylamine groups is 2. The van der Waals surface area contributed by atoms with Crippen molar-refractivity contribution in [3.63, 3.8) is 0 Å². The topological polar surface area (TPSA) is 179 Å². The minimum absolute atomic E-state index is 0.0104. The van der Waals surface area contributed by atoms with Crippen molar-refractivity contribution in [1.82, 2.24) is 30.8 Å². The minimum Gasteiger partial charge on any atom is -0.508 e. The van der Waals surface area contributed by atoms with Crippen LogP contribution in [0.25, 0.3) is 0 Å². The van der Waals surface area contributed by atoms with Gasteiger partial charge in [-0.15, -0.1) is 0 Å². The molecule has 5 amide bonds. The molecule has 4 N–H and O–H groups in total. The number of likely N-dealkylation sites (tertiary alicyclic amines) is 1. The third-order valence-corrected chi connectivity index (χ3v) is 12.0. The van der Waals surface area contributed by atoms with Gasteiger partial charge in [0.1, 0.15) is 17.8 Å².